The molecule has 0 spiro atoms. The van der Waals surface area contributed by atoms with Gasteiger partial charge in [-0.25, -0.2) is 9.78 Å². The minimum Gasteiger partial charge on any atom is -0.490 e. The third-order valence-corrected chi connectivity index (χ3v) is 5.89. The van der Waals surface area contributed by atoms with Crippen molar-refractivity contribution in [3.63, 3.8) is 0 Å². The molecule has 0 saturated carbocycles. The lowest BCUT2D eigenvalue weighted by molar-refractivity contribution is -0.0279. The van der Waals surface area contributed by atoms with E-state index in [0.717, 1.165) is 0 Å². The minimum atomic E-state index is -0.580. The molecule has 3 aliphatic heterocycles. The van der Waals surface area contributed by atoms with Gasteiger partial charge in [-0.3, -0.25) is 4.79 Å². The van der Waals surface area contributed by atoms with E-state index in [0.29, 0.717) is 56.5 Å². The quantitative estimate of drug-likeness (QED) is 0.588. The van der Waals surface area contributed by atoms with Crippen LogP contribution in [0.4, 0.5) is 10.6 Å². The van der Waals surface area contributed by atoms with Gasteiger partial charge in [0, 0.05) is 38.8 Å². The highest BCUT2D eigenvalue weighted by Crippen LogP contribution is 2.36. The molecule has 0 bridgehead atoms. The fourth-order valence-corrected chi connectivity index (χ4v) is 4.49. The van der Waals surface area contributed by atoms with Gasteiger partial charge < -0.3 is 28.9 Å². The summed E-state index contributed by atoms with van der Waals surface area (Å²) in [6.45, 7) is 12.6. The molecular formula is C22H31ClN4O5. The summed E-state index contributed by atoms with van der Waals surface area (Å²) < 4.78 is 17.4. The molecule has 0 unspecified atom stereocenters. The number of ether oxygens (including phenoxy) is 3. The number of carbonyl (C=O) groups excluding carboxylic acids is 2. The average Bonchev–Trinajstić information content (AvgIpc) is 2.82. The number of carbonyl (C=O) groups is 2. The van der Waals surface area contributed by atoms with E-state index in [1.807, 2.05) is 39.5 Å². The summed E-state index contributed by atoms with van der Waals surface area (Å²) in [5.41, 5.74) is -0.533. The van der Waals surface area contributed by atoms with E-state index in [2.05, 4.69) is 4.98 Å². The van der Waals surface area contributed by atoms with Gasteiger partial charge in [0.1, 0.15) is 34.5 Å². The molecule has 2 saturated heterocycles. The van der Waals surface area contributed by atoms with Crippen molar-refractivity contribution >= 4 is 29.4 Å². The number of fused-ring (bicyclic) bond motifs is 2. The molecule has 0 radical (unpaired) electrons. The Kier molecular flexibility index (Phi) is 5.92. The number of morpholine rings is 1. The fraction of sp³-hybridized carbons (Fsp3) is 0.682. The lowest BCUT2D eigenvalue weighted by Gasteiger charge is -2.41. The van der Waals surface area contributed by atoms with Crippen molar-refractivity contribution < 1.29 is 23.8 Å². The third kappa shape index (κ3) is 4.73. The van der Waals surface area contributed by atoms with Gasteiger partial charge in [0.25, 0.3) is 5.91 Å². The molecule has 176 valence electrons. The maximum absolute atomic E-state index is 13.7. The summed E-state index contributed by atoms with van der Waals surface area (Å²) >= 11 is 6.31. The SMILES string of the molecule is CC(C)(C)OC(=O)N1CCN2C(=O)c3c(cc(Cl)nc3N3CCOC(C)(C)C3)OC[C@H]2C1. The van der Waals surface area contributed by atoms with Crippen molar-refractivity contribution in [1.29, 1.82) is 0 Å². The number of anilines is 1. The Morgan fingerprint density at radius 2 is 2.03 bits per heavy atom. The van der Waals surface area contributed by atoms with E-state index in [1.54, 1.807) is 15.9 Å². The number of amides is 2. The summed E-state index contributed by atoms with van der Waals surface area (Å²) in [6, 6.07) is 1.30. The summed E-state index contributed by atoms with van der Waals surface area (Å²) in [4.78, 5) is 36.2. The van der Waals surface area contributed by atoms with Crippen LogP contribution in [0.5, 0.6) is 5.75 Å². The maximum Gasteiger partial charge on any atom is 0.410 e. The van der Waals surface area contributed by atoms with Gasteiger partial charge in [-0.1, -0.05) is 11.6 Å². The average molecular weight is 467 g/mol. The van der Waals surface area contributed by atoms with Crippen LogP contribution >= 0.6 is 11.6 Å². The first-order valence-electron chi connectivity index (χ1n) is 10.9. The van der Waals surface area contributed by atoms with E-state index in [1.165, 1.54) is 0 Å². The van der Waals surface area contributed by atoms with Gasteiger partial charge in [0.05, 0.1) is 18.2 Å². The molecule has 2 amide bonds. The van der Waals surface area contributed by atoms with Crippen LogP contribution in [-0.4, -0.2) is 90.0 Å². The van der Waals surface area contributed by atoms with Gasteiger partial charge >= 0.3 is 6.09 Å². The standard InChI is InChI=1S/C22H31ClN4O5/c1-21(2,3)32-20(29)25-6-7-27-14(11-25)12-30-15-10-16(23)24-18(17(15)19(27)28)26-8-9-31-22(4,5)13-26/h10,14H,6-9,11-13H2,1-5H3/t14-/m1/s1. The highest BCUT2D eigenvalue weighted by atomic mass is 35.5. The molecule has 2 fully saturated rings. The van der Waals surface area contributed by atoms with Crippen molar-refractivity contribution in [2.45, 2.75) is 51.9 Å². The van der Waals surface area contributed by atoms with Crippen LogP contribution in [0.15, 0.2) is 6.07 Å². The lowest BCUT2D eigenvalue weighted by atomic mass is 10.1. The Morgan fingerprint density at radius 3 is 2.72 bits per heavy atom. The molecule has 0 aromatic carbocycles. The lowest BCUT2D eigenvalue weighted by Crippen LogP contribution is -2.58. The number of pyridine rings is 1. The summed E-state index contributed by atoms with van der Waals surface area (Å²) in [5, 5.41) is 0.270. The van der Waals surface area contributed by atoms with Crippen LogP contribution in [0.25, 0.3) is 0 Å². The Hall–Kier alpha value is -2.26. The zero-order chi connectivity index (χ0) is 23.3. The predicted octanol–water partition coefficient (Wildman–Crippen LogP) is 2.80. The molecule has 10 heteroatoms. The van der Waals surface area contributed by atoms with Gasteiger partial charge in [-0.15, -0.1) is 0 Å². The second-order valence-electron chi connectivity index (χ2n) is 10.1. The van der Waals surface area contributed by atoms with Crippen molar-refractivity contribution in [2.24, 2.45) is 0 Å². The van der Waals surface area contributed by atoms with Gasteiger partial charge in [0.15, 0.2) is 0 Å². The number of hydrogen-bond donors (Lipinski definition) is 0. The summed E-state index contributed by atoms with van der Waals surface area (Å²) in [7, 11) is 0. The molecule has 1 aromatic rings. The van der Waals surface area contributed by atoms with Gasteiger partial charge in [0.2, 0.25) is 0 Å². The van der Waals surface area contributed by atoms with Crippen molar-refractivity contribution in [2.75, 3.05) is 50.8 Å². The zero-order valence-electron chi connectivity index (χ0n) is 19.3. The molecule has 4 rings (SSSR count). The number of nitrogens with zero attached hydrogens (tertiary/aromatic N) is 4. The molecular weight excluding hydrogens is 436 g/mol. The molecule has 4 heterocycles. The number of halogens is 1. The third-order valence-electron chi connectivity index (χ3n) is 5.70. The van der Waals surface area contributed by atoms with Crippen LogP contribution in [0, 0.1) is 0 Å². The largest absolute Gasteiger partial charge is 0.490 e. The maximum atomic E-state index is 13.7. The molecule has 0 aliphatic carbocycles. The number of aromatic nitrogens is 1. The van der Waals surface area contributed by atoms with E-state index >= 15 is 0 Å². The minimum absolute atomic E-state index is 0.158. The Bertz CT molecular complexity index is 916. The van der Waals surface area contributed by atoms with E-state index in [-0.39, 0.29) is 35.4 Å². The second-order valence-corrected chi connectivity index (χ2v) is 10.4. The van der Waals surface area contributed by atoms with E-state index < -0.39 is 5.60 Å². The predicted molar refractivity (Wildman–Crippen MR) is 120 cm³/mol. The topological polar surface area (TPSA) is 84.4 Å². The summed E-state index contributed by atoms with van der Waals surface area (Å²) in [6.07, 6.45) is -0.382. The Labute approximate surface area is 193 Å². The Balaban J connectivity index is 1.60. The first kappa shape index (κ1) is 22.9. The first-order valence-corrected chi connectivity index (χ1v) is 11.3. The van der Waals surface area contributed by atoms with Crippen LogP contribution in [0.1, 0.15) is 45.0 Å². The van der Waals surface area contributed by atoms with Crippen LogP contribution in [-0.2, 0) is 9.47 Å². The second kappa shape index (κ2) is 8.26. The fourth-order valence-electron chi connectivity index (χ4n) is 4.31. The molecule has 3 aliphatic rings. The Morgan fingerprint density at radius 1 is 1.28 bits per heavy atom. The van der Waals surface area contributed by atoms with Crippen molar-refractivity contribution in [3.8, 4) is 5.75 Å². The van der Waals surface area contributed by atoms with Crippen molar-refractivity contribution in [3.05, 3.63) is 16.8 Å². The highest BCUT2D eigenvalue weighted by molar-refractivity contribution is 6.30. The summed E-state index contributed by atoms with van der Waals surface area (Å²) in [5.74, 6) is 0.784. The number of piperazine rings is 1. The number of rotatable bonds is 1. The van der Waals surface area contributed by atoms with Crippen LogP contribution in [0.3, 0.4) is 0 Å². The first-order chi connectivity index (χ1) is 14.9. The molecule has 32 heavy (non-hydrogen) atoms. The van der Waals surface area contributed by atoms with E-state index in [4.69, 9.17) is 25.8 Å². The number of hydrogen-bond acceptors (Lipinski definition) is 7. The van der Waals surface area contributed by atoms with Gasteiger partial charge in [-0.2, -0.15) is 0 Å². The smallest absolute Gasteiger partial charge is 0.410 e. The monoisotopic (exact) mass is 466 g/mol. The van der Waals surface area contributed by atoms with Gasteiger partial charge in [-0.05, 0) is 34.6 Å². The molecule has 1 aromatic heterocycles. The zero-order valence-corrected chi connectivity index (χ0v) is 20.1. The molecule has 1 atom stereocenters. The van der Waals surface area contributed by atoms with E-state index in [9.17, 15) is 9.59 Å². The van der Waals surface area contributed by atoms with Crippen LogP contribution < -0.4 is 9.64 Å². The molecule has 0 N–H and O–H groups in total. The van der Waals surface area contributed by atoms with Crippen molar-refractivity contribution in [1.82, 2.24) is 14.8 Å². The normalized spacial score (nSPS) is 23.1. The highest BCUT2D eigenvalue weighted by Gasteiger charge is 2.41. The molecule has 9 nitrogen and oxygen atoms in total. The van der Waals surface area contributed by atoms with Crippen LogP contribution in [0.2, 0.25) is 5.15 Å².